The van der Waals surface area contributed by atoms with Crippen LogP contribution in [-0.2, 0) is 16.6 Å². The fourth-order valence-corrected chi connectivity index (χ4v) is 4.22. The SMILES string of the molecule is Cn1cc(-c2cc(N3CCC[C@H]3COCCC(=O)O)nc3c(Cl)c(Cl)ccc23)cn1. The molecule has 0 radical (unpaired) electrons. The first kappa shape index (κ1) is 20.9. The second kappa shape index (κ2) is 8.79. The van der Waals surface area contributed by atoms with Gasteiger partial charge in [0.1, 0.15) is 5.82 Å². The molecule has 1 aliphatic heterocycles. The number of carboxylic acids is 1. The van der Waals surface area contributed by atoms with Gasteiger partial charge in [-0.05, 0) is 30.5 Å². The third-order valence-corrected chi connectivity index (χ3v) is 6.11. The Kier molecular flexibility index (Phi) is 6.13. The zero-order valence-corrected chi connectivity index (χ0v) is 18.0. The van der Waals surface area contributed by atoms with Crippen LogP contribution in [0, 0.1) is 0 Å². The Morgan fingerprint density at radius 2 is 2.20 bits per heavy atom. The Balaban J connectivity index is 1.71. The first-order valence-corrected chi connectivity index (χ1v) is 10.5. The number of rotatable bonds is 7. The van der Waals surface area contributed by atoms with E-state index in [9.17, 15) is 4.79 Å². The van der Waals surface area contributed by atoms with E-state index in [1.807, 2.05) is 25.5 Å². The maximum Gasteiger partial charge on any atom is 0.305 e. The van der Waals surface area contributed by atoms with Crippen molar-refractivity contribution < 1.29 is 14.6 Å². The van der Waals surface area contributed by atoms with Gasteiger partial charge in [0.25, 0.3) is 0 Å². The molecule has 0 bridgehead atoms. The van der Waals surface area contributed by atoms with Crippen LogP contribution >= 0.6 is 23.2 Å². The molecule has 1 saturated heterocycles. The van der Waals surface area contributed by atoms with Crippen LogP contribution < -0.4 is 4.90 Å². The zero-order valence-electron chi connectivity index (χ0n) is 16.5. The highest BCUT2D eigenvalue weighted by Gasteiger charge is 2.27. The van der Waals surface area contributed by atoms with E-state index in [1.54, 1.807) is 10.7 Å². The van der Waals surface area contributed by atoms with Gasteiger partial charge in [0.2, 0.25) is 0 Å². The number of ether oxygens (including phenoxy) is 1. The summed E-state index contributed by atoms with van der Waals surface area (Å²) in [4.78, 5) is 17.8. The van der Waals surface area contributed by atoms with Crippen LogP contribution in [0.5, 0.6) is 0 Å². The summed E-state index contributed by atoms with van der Waals surface area (Å²) in [5, 5.41) is 14.9. The Morgan fingerprint density at radius 3 is 2.93 bits per heavy atom. The molecule has 2 aromatic heterocycles. The lowest BCUT2D eigenvalue weighted by atomic mass is 10.0. The maximum atomic E-state index is 10.7. The van der Waals surface area contributed by atoms with Gasteiger partial charge < -0.3 is 14.7 Å². The van der Waals surface area contributed by atoms with Crippen LogP contribution in [0.2, 0.25) is 10.0 Å². The van der Waals surface area contributed by atoms with Crippen molar-refractivity contribution in [2.45, 2.75) is 25.3 Å². The lowest BCUT2D eigenvalue weighted by Crippen LogP contribution is -2.34. The third-order valence-electron chi connectivity index (χ3n) is 5.32. The van der Waals surface area contributed by atoms with E-state index < -0.39 is 5.97 Å². The van der Waals surface area contributed by atoms with Gasteiger partial charge in [-0.3, -0.25) is 9.48 Å². The van der Waals surface area contributed by atoms with Crippen molar-refractivity contribution in [2.75, 3.05) is 24.7 Å². The minimum absolute atomic E-state index is 0.000205. The van der Waals surface area contributed by atoms with Gasteiger partial charge in [-0.15, -0.1) is 0 Å². The van der Waals surface area contributed by atoms with Crippen LogP contribution in [0.1, 0.15) is 19.3 Å². The predicted molar refractivity (Wildman–Crippen MR) is 117 cm³/mol. The van der Waals surface area contributed by atoms with Gasteiger partial charge in [0, 0.05) is 30.7 Å². The van der Waals surface area contributed by atoms with Crippen LogP contribution in [-0.4, -0.2) is 51.6 Å². The van der Waals surface area contributed by atoms with Crippen LogP contribution in [0.15, 0.2) is 30.6 Å². The Morgan fingerprint density at radius 1 is 1.37 bits per heavy atom. The largest absolute Gasteiger partial charge is 0.481 e. The number of aryl methyl sites for hydroxylation is 1. The van der Waals surface area contributed by atoms with Crippen LogP contribution in [0.3, 0.4) is 0 Å². The summed E-state index contributed by atoms with van der Waals surface area (Å²) in [7, 11) is 1.88. The number of hydrogen-bond donors (Lipinski definition) is 1. The molecule has 0 amide bonds. The minimum atomic E-state index is -0.859. The summed E-state index contributed by atoms with van der Waals surface area (Å²) < 4.78 is 7.38. The quantitative estimate of drug-likeness (QED) is 0.539. The first-order chi connectivity index (χ1) is 14.4. The molecule has 0 saturated carbocycles. The standard InChI is InChI=1S/C21H22Cl2N4O3/c1-26-11-13(10-24-26)16-9-18(25-21-15(16)4-5-17(22)20(21)23)27-7-2-3-14(27)12-30-8-6-19(28)29/h4-5,9-11,14H,2-3,6-8,12H2,1H3,(H,28,29)/t14-/m0/s1. The average Bonchev–Trinajstić information content (AvgIpc) is 3.36. The Hall–Kier alpha value is -2.35. The number of aromatic nitrogens is 3. The molecule has 3 heterocycles. The lowest BCUT2D eigenvalue weighted by Gasteiger charge is -2.26. The van der Waals surface area contributed by atoms with Gasteiger partial charge in [-0.25, -0.2) is 4.98 Å². The van der Waals surface area contributed by atoms with Crippen LogP contribution in [0.4, 0.5) is 5.82 Å². The Labute approximate surface area is 184 Å². The van der Waals surface area contributed by atoms with Crippen molar-refractivity contribution in [1.29, 1.82) is 0 Å². The van der Waals surface area contributed by atoms with Gasteiger partial charge in [-0.2, -0.15) is 5.10 Å². The van der Waals surface area contributed by atoms with Crippen molar-refractivity contribution in [3.05, 3.63) is 40.6 Å². The van der Waals surface area contributed by atoms with Gasteiger partial charge >= 0.3 is 5.97 Å². The summed E-state index contributed by atoms with van der Waals surface area (Å²) in [5.74, 6) is -0.0584. The lowest BCUT2D eigenvalue weighted by molar-refractivity contribution is -0.138. The molecular weight excluding hydrogens is 427 g/mol. The molecule has 30 heavy (non-hydrogen) atoms. The second-order valence-corrected chi connectivity index (χ2v) is 8.18. The topological polar surface area (TPSA) is 80.5 Å². The molecule has 7 nitrogen and oxygen atoms in total. The Bertz CT molecular complexity index is 1090. The molecule has 4 rings (SSSR count). The van der Waals surface area contributed by atoms with E-state index in [0.717, 1.165) is 41.7 Å². The highest BCUT2D eigenvalue weighted by atomic mass is 35.5. The smallest absolute Gasteiger partial charge is 0.305 e. The number of hydrogen-bond acceptors (Lipinski definition) is 5. The zero-order chi connectivity index (χ0) is 21.3. The summed E-state index contributed by atoms with van der Waals surface area (Å²) >= 11 is 12.8. The molecule has 3 aromatic rings. The summed E-state index contributed by atoms with van der Waals surface area (Å²) in [6, 6.07) is 5.89. The van der Waals surface area contributed by atoms with Gasteiger partial charge in [0.05, 0.1) is 47.4 Å². The number of fused-ring (bicyclic) bond motifs is 1. The number of carboxylic acid groups (broad SMARTS) is 1. The number of halogens is 2. The maximum absolute atomic E-state index is 10.7. The van der Waals surface area contributed by atoms with E-state index in [2.05, 4.69) is 16.1 Å². The molecule has 1 aliphatic rings. The van der Waals surface area contributed by atoms with Gasteiger partial charge in [0.15, 0.2) is 0 Å². The van der Waals surface area contributed by atoms with E-state index in [-0.39, 0.29) is 19.1 Å². The van der Waals surface area contributed by atoms with Crippen molar-refractivity contribution >= 4 is 45.9 Å². The fraction of sp³-hybridized carbons (Fsp3) is 0.381. The number of anilines is 1. The van der Waals surface area contributed by atoms with E-state index in [1.165, 1.54) is 0 Å². The molecule has 0 aliphatic carbocycles. The summed E-state index contributed by atoms with van der Waals surface area (Å²) in [5.41, 5.74) is 2.61. The number of carbonyl (C=O) groups is 1. The van der Waals surface area contributed by atoms with Crippen molar-refractivity contribution in [2.24, 2.45) is 7.05 Å². The minimum Gasteiger partial charge on any atom is -0.481 e. The number of aliphatic carboxylic acids is 1. The van der Waals surface area contributed by atoms with E-state index in [0.29, 0.717) is 22.2 Å². The second-order valence-electron chi connectivity index (χ2n) is 7.40. The monoisotopic (exact) mass is 448 g/mol. The summed E-state index contributed by atoms with van der Waals surface area (Å²) in [6.45, 7) is 1.50. The molecule has 0 spiro atoms. The number of pyridine rings is 1. The normalized spacial score (nSPS) is 16.5. The average molecular weight is 449 g/mol. The number of benzene rings is 1. The van der Waals surface area contributed by atoms with Gasteiger partial charge in [-0.1, -0.05) is 29.3 Å². The molecular formula is C21H22Cl2N4O3. The first-order valence-electron chi connectivity index (χ1n) is 9.78. The molecule has 9 heteroatoms. The fourth-order valence-electron chi connectivity index (χ4n) is 3.86. The van der Waals surface area contributed by atoms with Crippen LogP contribution in [0.25, 0.3) is 22.0 Å². The summed E-state index contributed by atoms with van der Waals surface area (Å²) in [6.07, 6.45) is 5.74. The van der Waals surface area contributed by atoms with Crippen molar-refractivity contribution in [3.8, 4) is 11.1 Å². The molecule has 158 valence electrons. The van der Waals surface area contributed by atoms with E-state index >= 15 is 0 Å². The molecule has 0 unspecified atom stereocenters. The van der Waals surface area contributed by atoms with E-state index in [4.69, 9.17) is 38.0 Å². The number of nitrogens with zero attached hydrogens (tertiary/aromatic N) is 4. The van der Waals surface area contributed by atoms with Crippen molar-refractivity contribution in [3.63, 3.8) is 0 Å². The van der Waals surface area contributed by atoms with Crippen molar-refractivity contribution in [1.82, 2.24) is 14.8 Å². The highest BCUT2D eigenvalue weighted by molar-refractivity contribution is 6.45. The molecule has 1 N–H and O–H groups in total. The molecule has 1 atom stereocenters. The highest BCUT2D eigenvalue weighted by Crippen LogP contribution is 2.38. The third kappa shape index (κ3) is 4.24. The molecule has 1 fully saturated rings. The predicted octanol–water partition coefficient (Wildman–Crippen LogP) is 4.40. The molecule has 1 aromatic carbocycles.